The van der Waals surface area contributed by atoms with Crippen molar-refractivity contribution in [1.82, 2.24) is 10.1 Å². The highest BCUT2D eigenvalue weighted by Gasteiger charge is 2.16. The fourth-order valence-electron chi connectivity index (χ4n) is 2.34. The number of carbonyl (C=O) groups is 1. The largest absolute Gasteiger partial charge is 0.454 e. The van der Waals surface area contributed by atoms with E-state index in [1.54, 1.807) is 42.6 Å². The van der Waals surface area contributed by atoms with Crippen molar-refractivity contribution in [2.24, 2.45) is 0 Å². The van der Waals surface area contributed by atoms with Gasteiger partial charge in [-0.2, -0.15) is 0 Å². The smallest absolute Gasteiger partial charge is 0.256 e. The first kappa shape index (κ1) is 15.0. The van der Waals surface area contributed by atoms with Crippen molar-refractivity contribution in [2.45, 2.75) is 6.92 Å². The lowest BCUT2D eigenvalue weighted by Crippen LogP contribution is -2.12. The minimum absolute atomic E-state index is 0.168. The molecule has 0 bridgehead atoms. The van der Waals surface area contributed by atoms with Crippen LogP contribution < -0.4 is 20.1 Å². The van der Waals surface area contributed by atoms with E-state index in [1.807, 2.05) is 6.92 Å². The molecule has 1 aliphatic rings. The van der Waals surface area contributed by atoms with Crippen LogP contribution in [0.5, 0.6) is 11.5 Å². The lowest BCUT2D eigenvalue weighted by Gasteiger charge is -2.07. The molecule has 3 heterocycles. The van der Waals surface area contributed by atoms with Gasteiger partial charge in [0.05, 0.1) is 11.9 Å². The van der Waals surface area contributed by atoms with Crippen LogP contribution in [-0.4, -0.2) is 22.8 Å². The summed E-state index contributed by atoms with van der Waals surface area (Å²) >= 11 is 0. The summed E-state index contributed by atoms with van der Waals surface area (Å²) in [5, 5.41) is 9.64. The van der Waals surface area contributed by atoms with Gasteiger partial charge in [-0.1, -0.05) is 5.16 Å². The molecule has 25 heavy (non-hydrogen) atoms. The third-order valence-electron chi connectivity index (χ3n) is 3.54. The lowest BCUT2D eigenvalue weighted by atomic mass is 10.2. The topological polar surface area (TPSA) is 98.5 Å². The van der Waals surface area contributed by atoms with Crippen LogP contribution in [0.15, 0.2) is 47.1 Å². The van der Waals surface area contributed by atoms with E-state index in [4.69, 9.17) is 14.0 Å². The number of nitrogens with zero attached hydrogens (tertiary/aromatic N) is 2. The molecule has 8 heteroatoms. The summed E-state index contributed by atoms with van der Waals surface area (Å²) in [5.41, 5.74) is 1.20. The number of hydrogen-bond donors (Lipinski definition) is 2. The standard InChI is InChI=1S/C17H14N4O4/c1-10-6-16(21-25-10)19-12-3-5-15(18-8-12)20-17(22)11-2-4-13-14(7-11)24-9-23-13/h2-8H,9H2,1H3,(H,19,21)(H,18,20,22). The molecule has 1 amide bonds. The maximum absolute atomic E-state index is 12.3. The van der Waals surface area contributed by atoms with Gasteiger partial charge in [-0.3, -0.25) is 4.79 Å². The Morgan fingerprint density at radius 1 is 1.08 bits per heavy atom. The molecular formula is C17H14N4O4. The summed E-state index contributed by atoms with van der Waals surface area (Å²) in [5.74, 6) is 2.65. The molecule has 2 N–H and O–H groups in total. The molecule has 3 aromatic rings. The minimum Gasteiger partial charge on any atom is -0.454 e. The molecule has 126 valence electrons. The molecule has 0 spiro atoms. The normalized spacial score (nSPS) is 12.0. The number of benzene rings is 1. The maximum Gasteiger partial charge on any atom is 0.256 e. The third-order valence-corrected chi connectivity index (χ3v) is 3.54. The number of ether oxygens (including phenoxy) is 2. The Balaban J connectivity index is 1.43. The van der Waals surface area contributed by atoms with Gasteiger partial charge in [-0.15, -0.1) is 0 Å². The number of aromatic nitrogens is 2. The number of pyridine rings is 1. The Kier molecular flexibility index (Phi) is 3.70. The van der Waals surface area contributed by atoms with Gasteiger partial charge < -0.3 is 24.6 Å². The molecule has 0 saturated heterocycles. The number of amides is 1. The van der Waals surface area contributed by atoms with E-state index in [0.29, 0.717) is 34.5 Å². The lowest BCUT2D eigenvalue weighted by molar-refractivity contribution is 0.102. The first-order valence-corrected chi connectivity index (χ1v) is 7.55. The van der Waals surface area contributed by atoms with Crippen LogP contribution in [0, 0.1) is 6.92 Å². The van der Waals surface area contributed by atoms with Crippen LogP contribution in [0.3, 0.4) is 0 Å². The van der Waals surface area contributed by atoms with Crippen LogP contribution in [0.2, 0.25) is 0 Å². The van der Waals surface area contributed by atoms with Crippen molar-refractivity contribution in [2.75, 3.05) is 17.4 Å². The van der Waals surface area contributed by atoms with Crippen LogP contribution in [0.1, 0.15) is 16.1 Å². The fraction of sp³-hybridized carbons (Fsp3) is 0.118. The van der Waals surface area contributed by atoms with Crippen molar-refractivity contribution < 1.29 is 18.8 Å². The van der Waals surface area contributed by atoms with Crippen LogP contribution in [0.25, 0.3) is 0 Å². The van der Waals surface area contributed by atoms with E-state index < -0.39 is 0 Å². The zero-order valence-electron chi connectivity index (χ0n) is 13.3. The molecule has 0 unspecified atom stereocenters. The molecule has 0 saturated carbocycles. The number of rotatable bonds is 4. The minimum atomic E-state index is -0.279. The summed E-state index contributed by atoms with van der Waals surface area (Å²) < 4.78 is 15.5. The SMILES string of the molecule is Cc1cc(Nc2ccc(NC(=O)c3ccc4c(c3)OCO4)nc2)no1. The van der Waals surface area contributed by atoms with Gasteiger partial charge in [0, 0.05) is 11.6 Å². The van der Waals surface area contributed by atoms with Gasteiger partial charge in [0.25, 0.3) is 5.91 Å². The second-order valence-corrected chi connectivity index (χ2v) is 5.40. The van der Waals surface area contributed by atoms with Crippen molar-refractivity contribution >= 4 is 23.2 Å². The van der Waals surface area contributed by atoms with Gasteiger partial charge in [0.15, 0.2) is 17.3 Å². The van der Waals surface area contributed by atoms with Crippen LogP contribution in [-0.2, 0) is 0 Å². The summed E-state index contributed by atoms with van der Waals surface area (Å²) in [4.78, 5) is 16.5. The summed E-state index contributed by atoms with van der Waals surface area (Å²) in [6.07, 6.45) is 1.60. The van der Waals surface area contributed by atoms with E-state index in [0.717, 1.165) is 5.69 Å². The van der Waals surface area contributed by atoms with E-state index in [2.05, 4.69) is 20.8 Å². The van der Waals surface area contributed by atoms with Gasteiger partial charge in [-0.05, 0) is 37.3 Å². The van der Waals surface area contributed by atoms with Gasteiger partial charge in [0.1, 0.15) is 11.6 Å². The zero-order chi connectivity index (χ0) is 17.2. The summed E-state index contributed by atoms with van der Waals surface area (Å²) in [6.45, 7) is 1.98. The van der Waals surface area contributed by atoms with Crippen molar-refractivity contribution in [1.29, 1.82) is 0 Å². The monoisotopic (exact) mass is 338 g/mol. The summed E-state index contributed by atoms with van der Waals surface area (Å²) in [7, 11) is 0. The Bertz CT molecular complexity index is 921. The number of carbonyl (C=O) groups excluding carboxylic acids is 1. The highest BCUT2D eigenvalue weighted by Crippen LogP contribution is 2.32. The Morgan fingerprint density at radius 3 is 2.72 bits per heavy atom. The molecule has 0 atom stereocenters. The highest BCUT2D eigenvalue weighted by atomic mass is 16.7. The zero-order valence-corrected chi connectivity index (χ0v) is 13.3. The summed E-state index contributed by atoms with van der Waals surface area (Å²) in [6, 6.07) is 10.3. The van der Waals surface area contributed by atoms with E-state index in [-0.39, 0.29) is 12.7 Å². The number of hydrogen-bond acceptors (Lipinski definition) is 7. The Labute approximate surface area is 142 Å². The molecule has 2 aromatic heterocycles. The predicted octanol–water partition coefficient (Wildman–Crippen LogP) is 3.10. The first-order chi connectivity index (χ1) is 12.2. The molecule has 8 nitrogen and oxygen atoms in total. The van der Waals surface area contributed by atoms with Crippen molar-refractivity contribution in [3.05, 3.63) is 53.9 Å². The second kappa shape index (κ2) is 6.16. The quantitative estimate of drug-likeness (QED) is 0.754. The van der Waals surface area contributed by atoms with Crippen molar-refractivity contribution in [3.8, 4) is 11.5 Å². The molecular weight excluding hydrogens is 324 g/mol. The molecule has 1 aromatic carbocycles. The van der Waals surface area contributed by atoms with Gasteiger partial charge in [0.2, 0.25) is 6.79 Å². The number of anilines is 3. The highest BCUT2D eigenvalue weighted by molar-refractivity contribution is 6.04. The van der Waals surface area contributed by atoms with Crippen LogP contribution >= 0.6 is 0 Å². The number of aryl methyl sites for hydroxylation is 1. The van der Waals surface area contributed by atoms with E-state index >= 15 is 0 Å². The Hall–Kier alpha value is -3.55. The average molecular weight is 338 g/mol. The third kappa shape index (κ3) is 3.23. The molecule has 0 radical (unpaired) electrons. The van der Waals surface area contributed by atoms with Gasteiger partial charge in [-0.25, -0.2) is 4.98 Å². The van der Waals surface area contributed by atoms with Gasteiger partial charge >= 0.3 is 0 Å². The maximum atomic E-state index is 12.3. The van der Waals surface area contributed by atoms with Crippen LogP contribution in [0.4, 0.5) is 17.3 Å². The molecule has 1 aliphatic heterocycles. The van der Waals surface area contributed by atoms with E-state index in [1.165, 1.54) is 0 Å². The molecule has 4 rings (SSSR count). The Morgan fingerprint density at radius 2 is 1.96 bits per heavy atom. The first-order valence-electron chi connectivity index (χ1n) is 7.55. The molecule has 0 fully saturated rings. The van der Waals surface area contributed by atoms with E-state index in [9.17, 15) is 4.79 Å². The second-order valence-electron chi connectivity index (χ2n) is 5.40. The predicted molar refractivity (Wildman–Crippen MR) is 89.3 cm³/mol. The fourth-order valence-corrected chi connectivity index (χ4v) is 2.34. The number of nitrogens with one attached hydrogen (secondary N) is 2. The average Bonchev–Trinajstić information content (AvgIpc) is 3.24. The number of fused-ring (bicyclic) bond motifs is 1. The van der Waals surface area contributed by atoms with Crippen molar-refractivity contribution in [3.63, 3.8) is 0 Å². The molecule has 0 aliphatic carbocycles.